The van der Waals surface area contributed by atoms with Gasteiger partial charge in [-0.1, -0.05) is 33.6 Å². The van der Waals surface area contributed by atoms with Crippen molar-refractivity contribution >= 4 is 33.2 Å². The lowest BCUT2D eigenvalue weighted by Gasteiger charge is -2.25. The zero-order valence-corrected chi connectivity index (χ0v) is 12.3. The van der Waals surface area contributed by atoms with E-state index in [1.54, 1.807) is 0 Å². The maximum Gasteiger partial charge on any atom is 0.0750 e. The molecular weight excluding hydrogens is 302 g/mol. The van der Waals surface area contributed by atoms with Gasteiger partial charge in [0.2, 0.25) is 0 Å². The van der Waals surface area contributed by atoms with Crippen LogP contribution in [0.25, 0.3) is 0 Å². The van der Waals surface area contributed by atoms with Crippen LogP contribution in [0, 0.1) is 0 Å². The van der Waals surface area contributed by atoms with Crippen LogP contribution in [0.4, 0.5) is 5.69 Å². The van der Waals surface area contributed by atoms with Crippen molar-refractivity contribution in [1.29, 1.82) is 0 Å². The molecule has 94 valence electrons. The molecule has 0 spiro atoms. The molecule has 0 bridgehead atoms. The van der Waals surface area contributed by atoms with Crippen LogP contribution >= 0.6 is 27.5 Å². The molecule has 1 atom stereocenters. The van der Waals surface area contributed by atoms with Gasteiger partial charge >= 0.3 is 0 Å². The molecule has 17 heavy (non-hydrogen) atoms. The molecule has 0 radical (unpaired) electrons. The van der Waals surface area contributed by atoms with E-state index in [0.717, 1.165) is 29.9 Å². The first-order chi connectivity index (χ1) is 8.20. The standard InChI is InChI=1S/C13H17BrClNO/c1-16(9-12-3-2-6-17-12)13-7-11(15)5-4-10(13)8-14/h4-5,7,12H,2-3,6,8-9H2,1H3. The molecule has 0 aromatic heterocycles. The molecule has 0 amide bonds. The fourth-order valence-electron chi connectivity index (χ4n) is 2.20. The van der Waals surface area contributed by atoms with Gasteiger partial charge in [-0.2, -0.15) is 0 Å². The second-order valence-electron chi connectivity index (χ2n) is 4.42. The number of ether oxygens (including phenoxy) is 1. The van der Waals surface area contributed by atoms with E-state index in [2.05, 4.69) is 33.9 Å². The molecular formula is C13H17BrClNO. The number of likely N-dealkylation sites (N-methyl/N-ethyl adjacent to an activating group) is 1. The Morgan fingerprint density at radius 1 is 1.53 bits per heavy atom. The van der Waals surface area contributed by atoms with Crippen molar-refractivity contribution in [3.05, 3.63) is 28.8 Å². The maximum atomic E-state index is 6.06. The number of hydrogen-bond acceptors (Lipinski definition) is 2. The van der Waals surface area contributed by atoms with E-state index in [0.29, 0.717) is 6.10 Å². The van der Waals surface area contributed by atoms with Gasteiger partial charge in [0.05, 0.1) is 6.10 Å². The second kappa shape index (κ2) is 6.07. The largest absolute Gasteiger partial charge is 0.376 e. The Bertz CT molecular complexity index is 380. The summed E-state index contributed by atoms with van der Waals surface area (Å²) in [6, 6.07) is 6.02. The van der Waals surface area contributed by atoms with Gasteiger partial charge in [-0.05, 0) is 30.5 Å². The molecule has 1 heterocycles. The lowest BCUT2D eigenvalue weighted by Crippen LogP contribution is -2.29. The Hall–Kier alpha value is -0.250. The predicted octanol–water partition coefficient (Wildman–Crippen LogP) is 3.85. The van der Waals surface area contributed by atoms with Crippen molar-refractivity contribution in [1.82, 2.24) is 0 Å². The van der Waals surface area contributed by atoms with Gasteiger partial charge in [-0.25, -0.2) is 0 Å². The Morgan fingerprint density at radius 2 is 2.35 bits per heavy atom. The fraction of sp³-hybridized carbons (Fsp3) is 0.538. The SMILES string of the molecule is CN(CC1CCCO1)c1cc(Cl)ccc1CBr. The molecule has 1 aromatic rings. The van der Waals surface area contributed by atoms with Crippen LogP contribution < -0.4 is 4.90 Å². The highest BCUT2D eigenvalue weighted by atomic mass is 79.9. The molecule has 0 aliphatic carbocycles. The summed E-state index contributed by atoms with van der Waals surface area (Å²) in [5.41, 5.74) is 2.44. The van der Waals surface area contributed by atoms with Crippen molar-refractivity contribution < 1.29 is 4.74 Å². The first-order valence-electron chi connectivity index (χ1n) is 5.88. The first kappa shape index (κ1) is 13.2. The zero-order valence-electron chi connectivity index (χ0n) is 9.96. The van der Waals surface area contributed by atoms with E-state index in [9.17, 15) is 0 Å². The summed E-state index contributed by atoms with van der Waals surface area (Å²) in [5.74, 6) is 0. The van der Waals surface area contributed by atoms with E-state index in [4.69, 9.17) is 16.3 Å². The summed E-state index contributed by atoms with van der Waals surface area (Å²) >= 11 is 9.57. The summed E-state index contributed by atoms with van der Waals surface area (Å²) in [5, 5.41) is 1.62. The van der Waals surface area contributed by atoms with Crippen LogP contribution in [0.15, 0.2) is 18.2 Å². The lowest BCUT2D eigenvalue weighted by atomic mass is 10.1. The minimum atomic E-state index is 0.363. The number of alkyl halides is 1. The summed E-state index contributed by atoms with van der Waals surface area (Å²) in [4.78, 5) is 2.23. The molecule has 1 aromatic carbocycles. The summed E-state index contributed by atoms with van der Waals surface area (Å²) in [6.45, 7) is 1.83. The van der Waals surface area contributed by atoms with E-state index < -0.39 is 0 Å². The number of nitrogens with zero attached hydrogens (tertiary/aromatic N) is 1. The molecule has 0 N–H and O–H groups in total. The van der Waals surface area contributed by atoms with Gasteiger partial charge in [0.1, 0.15) is 0 Å². The average molecular weight is 319 g/mol. The third kappa shape index (κ3) is 3.36. The summed E-state index contributed by atoms with van der Waals surface area (Å²) < 4.78 is 5.66. The fourth-order valence-corrected chi connectivity index (χ4v) is 2.84. The summed E-state index contributed by atoms with van der Waals surface area (Å²) in [6.07, 6.45) is 2.70. The molecule has 1 saturated heterocycles. The van der Waals surface area contributed by atoms with Crippen LogP contribution in [0.2, 0.25) is 5.02 Å². The highest BCUT2D eigenvalue weighted by Crippen LogP contribution is 2.27. The van der Waals surface area contributed by atoms with Gasteiger partial charge in [0.25, 0.3) is 0 Å². The average Bonchev–Trinajstić information content (AvgIpc) is 2.81. The van der Waals surface area contributed by atoms with Crippen molar-refractivity contribution in [3.63, 3.8) is 0 Å². The van der Waals surface area contributed by atoms with Gasteiger partial charge in [-0.3, -0.25) is 0 Å². The number of rotatable bonds is 4. The monoisotopic (exact) mass is 317 g/mol. The predicted molar refractivity (Wildman–Crippen MR) is 76.3 cm³/mol. The topological polar surface area (TPSA) is 12.5 Å². The quantitative estimate of drug-likeness (QED) is 0.782. The van der Waals surface area contributed by atoms with Crippen LogP contribution in [0.5, 0.6) is 0 Å². The molecule has 4 heteroatoms. The van der Waals surface area contributed by atoms with Gasteiger partial charge in [-0.15, -0.1) is 0 Å². The highest BCUT2D eigenvalue weighted by molar-refractivity contribution is 9.08. The number of halogens is 2. The molecule has 1 aliphatic rings. The Balaban J connectivity index is 2.11. The molecule has 2 rings (SSSR count). The second-order valence-corrected chi connectivity index (χ2v) is 5.42. The Morgan fingerprint density at radius 3 is 3.00 bits per heavy atom. The molecule has 0 saturated carbocycles. The van der Waals surface area contributed by atoms with E-state index in [-0.39, 0.29) is 0 Å². The molecule has 2 nitrogen and oxygen atoms in total. The minimum absolute atomic E-state index is 0.363. The van der Waals surface area contributed by atoms with Crippen molar-refractivity contribution in [3.8, 4) is 0 Å². The van der Waals surface area contributed by atoms with Crippen molar-refractivity contribution in [2.45, 2.75) is 24.3 Å². The number of hydrogen-bond donors (Lipinski definition) is 0. The Labute approximate surface area is 116 Å². The van der Waals surface area contributed by atoms with Crippen molar-refractivity contribution in [2.24, 2.45) is 0 Å². The molecule has 1 aliphatic heterocycles. The lowest BCUT2D eigenvalue weighted by molar-refractivity contribution is 0.116. The van der Waals surface area contributed by atoms with Gasteiger partial charge in [0, 0.05) is 36.2 Å². The molecule has 1 unspecified atom stereocenters. The minimum Gasteiger partial charge on any atom is -0.376 e. The Kier molecular flexibility index (Phi) is 4.71. The summed E-state index contributed by atoms with van der Waals surface area (Å²) in [7, 11) is 2.10. The highest BCUT2D eigenvalue weighted by Gasteiger charge is 2.18. The zero-order chi connectivity index (χ0) is 12.3. The van der Waals surface area contributed by atoms with E-state index in [1.165, 1.54) is 17.7 Å². The van der Waals surface area contributed by atoms with E-state index >= 15 is 0 Å². The van der Waals surface area contributed by atoms with E-state index in [1.807, 2.05) is 12.1 Å². The van der Waals surface area contributed by atoms with Gasteiger partial charge < -0.3 is 9.64 Å². The van der Waals surface area contributed by atoms with Crippen LogP contribution in [-0.4, -0.2) is 26.3 Å². The maximum absolute atomic E-state index is 6.06. The van der Waals surface area contributed by atoms with Crippen LogP contribution in [0.3, 0.4) is 0 Å². The number of benzene rings is 1. The van der Waals surface area contributed by atoms with Crippen LogP contribution in [0.1, 0.15) is 18.4 Å². The third-order valence-corrected chi connectivity index (χ3v) is 3.94. The normalized spacial score (nSPS) is 19.6. The van der Waals surface area contributed by atoms with Crippen LogP contribution in [-0.2, 0) is 10.1 Å². The van der Waals surface area contributed by atoms with Gasteiger partial charge in [0.15, 0.2) is 0 Å². The molecule has 1 fully saturated rings. The van der Waals surface area contributed by atoms with Crippen molar-refractivity contribution in [2.75, 3.05) is 25.1 Å². The third-order valence-electron chi connectivity index (χ3n) is 3.10. The first-order valence-corrected chi connectivity index (χ1v) is 7.38. The number of anilines is 1. The smallest absolute Gasteiger partial charge is 0.0750 e.